The fourth-order valence-corrected chi connectivity index (χ4v) is 2.78. The highest BCUT2D eigenvalue weighted by atomic mass is 15.2. The van der Waals surface area contributed by atoms with Crippen molar-refractivity contribution >= 4 is 0 Å². The number of likely N-dealkylation sites (N-methyl/N-ethyl adjacent to an activating group) is 1. The maximum Gasteiger partial charge on any atom is 0.0111 e. The molecule has 3 atom stereocenters. The van der Waals surface area contributed by atoms with Gasteiger partial charge >= 0.3 is 0 Å². The molecule has 1 heterocycles. The molecule has 1 saturated heterocycles. The summed E-state index contributed by atoms with van der Waals surface area (Å²) >= 11 is 0. The van der Waals surface area contributed by atoms with Crippen LogP contribution in [0, 0.1) is 5.92 Å². The normalized spacial score (nSPS) is 44.0. The summed E-state index contributed by atoms with van der Waals surface area (Å²) in [6.07, 6.45) is 4.27. The first-order valence-corrected chi connectivity index (χ1v) is 5.22. The molecule has 0 radical (unpaired) electrons. The largest absolute Gasteiger partial charge is 0.312 e. The molecule has 1 saturated carbocycles. The smallest absolute Gasteiger partial charge is 0.0111 e. The molecule has 2 aliphatic rings. The lowest BCUT2D eigenvalue weighted by Crippen LogP contribution is -2.37. The van der Waals surface area contributed by atoms with E-state index in [2.05, 4.69) is 24.2 Å². The second-order valence-electron chi connectivity index (χ2n) is 4.38. The maximum atomic E-state index is 3.66. The molecule has 1 aliphatic carbocycles. The summed E-state index contributed by atoms with van der Waals surface area (Å²) in [7, 11) is 2.26. The molecule has 0 spiro atoms. The maximum absolute atomic E-state index is 3.66. The Morgan fingerprint density at radius 1 is 1.33 bits per heavy atom. The lowest BCUT2D eigenvalue weighted by Gasteiger charge is -2.28. The van der Waals surface area contributed by atoms with Crippen molar-refractivity contribution in [1.29, 1.82) is 0 Å². The van der Waals surface area contributed by atoms with Crippen LogP contribution in [0.25, 0.3) is 0 Å². The van der Waals surface area contributed by atoms with Crippen LogP contribution in [0.2, 0.25) is 0 Å². The van der Waals surface area contributed by atoms with Crippen molar-refractivity contribution < 1.29 is 0 Å². The Balaban J connectivity index is 2.08. The van der Waals surface area contributed by atoms with E-state index < -0.39 is 0 Å². The molecule has 1 N–H and O–H groups in total. The number of nitrogens with one attached hydrogen (secondary N) is 1. The lowest BCUT2D eigenvalue weighted by atomic mass is 9.95. The number of hydrogen-bond acceptors (Lipinski definition) is 2. The monoisotopic (exact) mass is 168 g/mol. The molecule has 1 aliphatic heterocycles. The van der Waals surface area contributed by atoms with Crippen molar-refractivity contribution in [1.82, 2.24) is 10.2 Å². The van der Waals surface area contributed by atoms with E-state index in [1.807, 2.05) is 0 Å². The zero-order chi connectivity index (χ0) is 8.55. The predicted octanol–water partition coefficient (Wildman–Crippen LogP) is 1.08. The zero-order valence-electron chi connectivity index (χ0n) is 8.21. The van der Waals surface area contributed by atoms with E-state index in [9.17, 15) is 0 Å². The fourth-order valence-electron chi connectivity index (χ4n) is 2.78. The molecule has 2 fully saturated rings. The van der Waals surface area contributed by atoms with E-state index in [-0.39, 0.29) is 0 Å². The topological polar surface area (TPSA) is 15.3 Å². The van der Waals surface area contributed by atoms with Gasteiger partial charge < -0.3 is 10.2 Å². The summed E-state index contributed by atoms with van der Waals surface area (Å²) < 4.78 is 0. The van der Waals surface area contributed by atoms with Crippen LogP contribution >= 0.6 is 0 Å². The molecule has 2 nitrogen and oxygen atoms in total. The fraction of sp³-hybridized carbons (Fsp3) is 1.00. The SMILES string of the molecule is C[C@H]1[C@@H]2CCCC2NCCN1C. The molecule has 0 amide bonds. The van der Waals surface area contributed by atoms with E-state index in [0.717, 1.165) is 18.0 Å². The summed E-state index contributed by atoms with van der Waals surface area (Å²) in [4.78, 5) is 2.50. The molecular weight excluding hydrogens is 148 g/mol. The van der Waals surface area contributed by atoms with Gasteiger partial charge in [0.2, 0.25) is 0 Å². The molecule has 0 bridgehead atoms. The van der Waals surface area contributed by atoms with Gasteiger partial charge in [0.15, 0.2) is 0 Å². The second-order valence-corrected chi connectivity index (χ2v) is 4.38. The van der Waals surface area contributed by atoms with Crippen molar-refractivity contribution in [2.75, 3.05) is 20.1 Å². The summed E-state index contributed by atoms with van der Waals surface area (Å²) in [6.45, 7) is 4.78. The first-order chi connectivity index (χ1) is 5.79. The van der Waals surface area contributed by atoms with Gasteiger partial charge in [0, 0.05) is 25.2 Å². The Morgan fingerprint density at radius 2 is 2.17 bits per heavy atom. The predicted molar refractivity (Wildman–Crippen MR) is 51.2 cm³/mol. The van der Waals surface area contributed by atoms with Crippen molar-refractivity contribution in [3.8, 4) is 0 Å². The highest BCUT2D eigenvalue weighted by molar-refractivity contribution is 4.91. The van der Waals surface area contributed by atoms with Crippen molar-refractivity contribution in [2.24, 2.45) is 5.92 Å². The molecule has 2 rings (SSSR count). The van der Waals surface area contributed by atoms with Crippen LogP contribution in [-0.2, 0) is 0 Å². The summed E-state index contributed by atoms with van der Waals surface area (Å²) in [5.74, 6) is 0.914. The molecule has 1 unspecified atom stereocenters. The van der Waals surface area contributed by atoms with Gasteiger partial charge in [0.05, 0.1) is 0 Å². The average molecular weight is 168 g/mol. The molecule has 2 heteroatoms. The van der Waals surface area contributed by atoms with Gasteiger partial charge in [-0.3, -0.25) is 0 Å². The standard InChI is InChI=1S/C10H20N2/c1-8-9-4-3-5-10(9)11-6-7-12(8)2/h8-11H,3-7H2,1-2H3/t8-,9-,10?/m0/s1. The van der Waals surface area contributed by atoms with E-state index in [0.29, 0.717) is 0 Å². The summed E-state index contributed by atoms with van der Waals surface area (Å²) in [6, 6.07) is 1.61. The number of nitrogens with zero attached hydrogens (tertiary/aromatic N) is 1. The van der Waals surface area contributed by atoms with Crippen LogP contribution in [0.1, 0.15) is 26.2 Å². The lowest BCUT2D eigenvalue weighted by molar-refractivity contribution is 0.207. The van der Waals surface area contributed by atoms with E-state index in [4.69, 9.17) is 0 Å². The minimum Gasteiger partial charge on any atom is -0.312 e. The van der Waals surface area contributed by atoms with Gasteiger partial charge in [0.25, 0.3) is 0 Å². The molecule has 12 heavy (non-hydrogen) atoms. The van der Waals surface area contributed by atoms with E-state index >= 15 is 0 Å². The molecular formula is C10H20N2. The van der Waals surface area contributed by atoms with Gasteiger partial charge in [-0.15, -0.1) is 0 Å². The number of hydrogen-bond donors (Lipinski definition) is 1. The highest BCUT2D eigenvalue weighted by Gasteiger charge is 2.34. The Morgan fingerprint density at radius 3 is 3.00 bits per heavy atom. The van der Waals surface area contributed by atoms with Gasteiger partial charge in [-0.25, -0.2) is 0 Å². The molecule has 0 aromatic rings. The Kier molecular flexibility index (Phi) is 2.37. The minimum absolute atomic E-state index is 0.785. The van der Waals surface area contributed by atoms with Crippen LogP contribution in [0.5, 0.6) is 0 Å². The Labute approximate surface area is 75.3 Å². The van der Waals surface area contributed by atoms with Crippen molar-refractivity contribution in [2.45, 2.75) is 38.3 Å². The van der Waals surface area contributed by atoms with Gasteiger partial charge in [-0.1, -0.05) is 6.42 Å². The van der Waals surface area contributed by atoms with Gasteiger partial charge in [-0.2, -0.15) is 0 Å². The van der Waals surface area contributed by atoms with E-state index in [1.54, 1.807) is 0 Å². The van der Waals surface area contributed by atoms with Crippen molar-refractivity contribution in [3.63, 3.8) is 0 Å². The van der Waals surface area contributed by atoms with Crippen LogP contribution in [0.15, 0.2) is 0 Å². The Bertz CT molecular complexity index is 158. The average Bonchev–Trinajstić information content (AvgIpc) is 2.46. The highest BCUT2D eigenvalue weighted by Crippen LogP contribution is 2.31. The molecule has 70 valence electrons. The third-order valence-corrected chi connectivity index (χ3v) is 3.76. The third kappa shape index (κ3) is 1.38. The third-order valence-electron chi connectivity index (χ3n) is 3.76. The number of fused-ring (bicyclic) bond motifs is 1. The van der Waals surface area contributed by atoms with Crippen LogP contribution < -0.4 is 5.32 Å². The summed E-state index contributed by atoms with van der Waals surface area (Å²) in [5, 5.41) is 3.66. The van der Waals surface area contributed by atoms with Crippen LogP contribution in [0.3, 0.4) is 0 Å². The second kappa shape index (κ2) is 3.35. The minimum atomic E-state index is 0.785. The molecule has 0 aromatic heterocycles. The van der Waals surface area contributed by atoms with Gasteiger partial charge in [0.1, 0.15) is 0 Å². The first kappa shape index (κ1) is 8.52. The molecule has 0 aromatic carbocycles. The zero-order valence-corrected chi connectivity index (χ0v) is 8.21. The Hall–Kier alpha value is -0.0800. The number of rotatable bonds is 0. The van der Waals surface area contributed by atoms with Crippen molar-refractivity contribution in [3.05, 3.63) is 0 Å². The first-order valence-electron chi connectivity index (χ1n) is 5.22. The van der Waals surface area contributed by atoms with Crippen LogP contribution in [-0.4, -0.2) is 37.1 Å². The summed E-state index contributed by atoms with van der Waals surface area (Å²) in [5.41, 5.74) is 0. The van der Waals surface area contributed by atoms with Crippen LogP contribution in [0.4, 0.5) is 0 Å². The van der Waals surface area contributed by atoms with Gasteiger partial charge in [-0.05, 0) is 32.7 Å². The van der Waals surface area contributed by atoms with E-state index in [1.165, 1.54) is 32.4 Å². The quantitative estimate of drug-likeness (QED) is 0.582.